The minimum absolute atomic E-state index is 0.0636. The highest BCUT2D eigenvalue weighted by molar-refractivity contribution is 6.02. The first kappa shape index (κ1) is 21.0. The maximum absolute atomic E-state index is 12.1. The number of anilines is 1. The summed E-state index contributed by atoms with van der Waals surface area (Å²) in [6.45, 7) is 2.09. The summed E-state index contributed by atoms with van der Waals surface area (Å²) in [5.74, 6) is -0.719. The Bertz CT molecular complexity index is 956. The molecule has 3 rings (SSSR count). The van der Waals surface area contributed by atoms with Gasteiger partial charge in [-0.05, 0) is 67.3 Å². The van der Waals surface area contributed by atoms with Crippen molar-refractivity contribution >= 4 is 35.6 Å². The fourth-order valence-corrected chi connectivity index (χ4v) is 2.63. The van der Waals surface area contributed by atoms with Crippen molar-refractivity contribution in [3.8, 4) is 0 Å². The van der Waals surface area contributed by atoms with E-state index in [1.54, 1.807) is 67.6 Å². The third-order valence-electron chi connectivity index (χ3n) is 4.39. The van der Waals surface area contributed by atoms with Gasteiger partial charge in [-0.1, -0.05) is 24.3 Å². The maximum atomic E-state index is 12.1. The molecule has 6 heteroatoms. The lowest BCUT2D eigenvalue weighted by Gasteiger charge is -2.04. The topological polar surface area (TPSA) is 84.5 Å². The van der Waals surface area contributed by atoms with Crippen molar-refractivity contribution in [3.63, 3.8) is 0 Å². The summed E-state index contributed by atoms with van der Waals surface area (Å²) in [6.07, 6.45) is 8.24. The molecule has 154 valence electrons. The van der Waals surface area contributed by atoms with E-state index in [4.69, 9.17) is 4.74 Å². The predicted octanol–water partition coefficient (Wildman–Crippen LogP) is 3.81. The molecule has 30 heavy (non-hydrogen) atoms. The Morgan fingerprint density at radius 1 is 0.933 bits per heavy atom. The summed E-state index contributed by atoms with van der Waals surface area (Å²) >= 11 is 0. The second-order valence-corrected chi connectivity index (χ2v) is 6.90. The van der Waals surface area contributed by atoms with Gasteiger partial charge in [-0.15, -0.1) is 0 Å². The number of benzene rings is 2. The molecule has 1 fully saturated rings. The minimum atomic E-state index is -0.392. The molecule has 0 saturated heterocycles. The van der Waals surface area contributed by atoms with Gasteiger partial charge in [0.1, 0.15) is 0 Å². The number of carbonyl (C=O) groups is 3. The van der Waals surface area contributed by atoms with Gasteiger partial charge in [-0.25, -0.2) is 4.79 Å². The van der Waals surface area contributed by atoms with Gasteiger partial charge >= 0.3 is 5.97 Å². The van der Waals surface area contributed by atoms with Gasteiger partial charge in [0.25, 0.3) is 5.91 Å². The second kappa shape index (κ2) is 10.2. The molecule has 1 aliphatic carbocycles. The smallest absolute Gasteiger partial charge is 0.330 e. The molecule has 0 atom stereocenters. The molecule has 0 bridgehead atoms. The number of hydrogen-bond acceptors (Lipinski definition) is 4. The summed E-state index contributed by atoms with van der Waals surface area (Å²) in [4.78, 5) is 35.4. The molecule has 2 N–H and O–H groups in total. The number of hydrogen-bond donors (Lipinski definition) is 2. The standard InChI is InChI=1S/C24H24N2O4/c1-2-30-23(28)16-8-18-5-11-20(12-6-18)25-22(27)15-7-17-3-9-19(10-4-17)24(29)26-21-13-14-21/h3-12,15-16,21H,2,13-14H2,1H3,(H,25,27)(H,26,29)/b15-7+,16-8+. The molecule has 0 heterocycles. The molecule has 0 unspecified atom stereocenters. The van der Waals surface area contributed by atoms with Crippen molar-refractivity contribution in [1.29, 1.82) is 0 Å². The zero-order valence-electron chi connectivity index (χ0n) is 16.8. The molecule has 0 spiro atoms. The molecular formula is C24H24N2O4. The van der Waals surface area contributed by atoms with Crippen LogP contribution in [0.15, 0.2) is 60.7 Å². The van der Waals surface area contributed by atoms with E-state index in [-0.39, 0.29) is 11.8 Å². The van der Waals surface area contributed by atoms with Crippen molar-refractivity contribution in [3.05, 3.63) is 77.4 Å². The van der Waals surface area contributed by atoms with Crippen molar-refractivity contribution in [1.82, 2.24) is 5.32 Å². The predicted molar refractivity (Wildman–Crippen MR) is 117 cm³/mol. The zero-order chi connectivity index (χ0) is 21.3. The summed E-state index contributed by atoms with van der Waals surface area (Å²) < 4.78 is 4.83. The largest absolute Gasteiger partial charge is 0.463 e. The van der Waals surface area contributed by atoms with E-state index in [1.165, 1.54) is 12.2 Å². The van der Waals surface area contributed by atoms with Crippen molar-refractivity contribution in [2.75, 3.05) is 11.9 Å². The van der Waals surface area contributed by atoms with Crippen LogP contribution in [0.2, 0.25) is 0 Å². The number of rotatable bonds is 8. The van der Waals surface area contributed by atoms with Gasteiger partial charge in [-0.3, -0.25) is 9.59 Å². The Kier molecular flexibility index (Phi) is 7.16. The Morgan fingerprint density at radius 3 is 2.13 bits per heavy atom. The molecule has 0 radical (unpaired) electrons. The highest BCUT2D eigenvalue weighted by Gasteiger charge is 2.23. The van der Waals surface area contributed by atoms with Gasteiger partial charge < -0.3 is 15.4 Å². The van der Waals surface area contributed by atoms with Gasteiger partial charge in [0.05, 0.1) is 6.61 Å². The van der Waals surface area contributed by atoms with E-state index in [0.717, 1.165) is 24.0 Å². The van der Waals surface area contributed by atoms with Crippen molar-refractivity contribution in [2.24, 2.45) is 0 Å². The van der Waals surface area contributed by atoms with E-state index >= 15 is 0 Å². The summed E-state index contributed by atoms with van der Waals surface area (Å²) in [7, 11) is 0. The molecule has 2 aromatic rings. The average molecular weight is 404 g/mol. The Labute approximate surface area is 175 Å². The van der Waals surface area contributed by atoms with Crippen molar-refractivity contribution < 1.29 is 19.1 Å². The summed E-state index contributed by atoms with van der Waals surface area (Å²) in [5, 5.41) is 5.72. The van der Waals surface area contributed by atoms with E-state index in [2.05, 4.69) is 10.6 Å². The highest BCUT2D eigenvalue weighted by atomic mass is 16.5. The lowest BCUT2D eigenvalue weighted by atomic mass is 10.1. The average Bonchev–Trinajstić information content (AvgIpc) is 3.56. The van der Waals surface area contributed by atoms with Gasteiger partial charge in [0.2, 0.25) is 5.91 Å². The SMILES string of the molecule is CCOC(=O)/C=C/c1ccc(NC(=O)/C=C/c2ccc(C(=O)NC3CC3)cc2)cc1. The first-order valence-corrected chi connectivity index (χ1v) is 9.88. The fourth-order valence-electron chi connectivity index (χ4n) is 2.63. The molecule has 0 aliphatic heterocycles. The molecule has 1 saturated carbocycles. The number of amides is 2. The zero-order valence-corrected chi connectivity index (χ0v) is 16.8. The summed E-state index contributed by atoms with van der Waals surface area (Å²) in [5.41, 5.74) is 2.90. The number of nitrogens with one attached hydrogen (secondary N) is 2. The molecular weight excluding hydrogens is 380 g/mol. The maximum Gasteiger partial charge on any atom is 0.330 e. The number of carbonyl (C=O) groups excluding carboxylic acids is 3. The van der Waals surface area contributed by atoms with Gasteiger partial charge in [-0.2, -0.15) is 0 Å². The van der Waals surface area contributed by atoms with Crippen LogP contribution in [0, 0.1) is 0 Å². The molecule has 2 aromatic carbocycles. The van der Waals surface area contributed by atoms with Crippen LogP contribution in [0.4, 0.5) is 5.69 Å². The van der Waals surface area contributed by atoms with Crippen LogP contribution < -0.4 is 10.6 Å². The van der Waals surface area contributed by atoms with Crippen LogP contribution in [0.1, 0.15) is 41.3 Å². The van der Waals surface area contributed by atoms with E-state index in [9.17, 15) is 14.4 Å². The minimum Gasteiger partial charge on any atom is -0.463 e. The third-order valence-corrected chi connectivity index (χ3v) is 4.39. The summed E-state index contributed by atoms with van der Waals surface area (Å²) in [6, 6.07) is 14.5. The molecule has 6 nitrogen and oxygen atoms in total. The number of esters is 1. The lowest BCUT2D eigenvalue weighted by molar-refractivity contribution is -0.137. The quantitative estimate of drug-likeness (QED) is 0.518. The fraction of sp³-hybridized carbons (Fsp3) is 0.208. The van der Waals surface area contributed by atoms with E-state index in [0.29, 0.717) is 23.9 Å². The van der Waals surface area contributed by atoms with E-state index < -0.39 is 5.97 Å². The van der Waals surface area contributed by atoms with Crippen LogP contribution in [0.3, 0.4) is 0 Å². The Morgan fingerprint density at radius 2 is 1.53 bits per heavy atom. The van der Waals surface area contributed by atoms with Crippen molar-refractivity contribution in [2.45, 2.75) is 25.8 Å². The highest BCUT2D eigenvalue weighted by Crippen LogP contribution is 2.19. The van der Waals surface area contributed by atoms with Gasteiger partial charge in [0.15, 0.2) is 0 Å². The molecule has 0 aromatic heterocycles. The third kappa shape index (κ3) is 6.74. The Hall–Kier alpha value is -3.67. The second-order valence-electron chi connectivity index (χ2n) is 6.90. The van der Waals surface area contributed by atoms with E-state index in [1.807, 2.05) is 0 Å². The number of ether oxygens (including phenoxy) is 1. The van der Waals surface area contributed by atoms with Crippen LogP contribution in [0.25, 0.3) is 12.2 Å². The first-order valence-electron chi connectivity index (χ1n) is 9.88. The first-order chi connectivity index (χ1) is 14.5. The van der Waals surface area contributed by atoms with Crippen LogP contribution in [-0.2, 0) is 14.3 Å². The van der Waals surface area contributed by atoms with Crippen LogP contribution >= 0.6 is 0 Å². The lowest BCUT2D eigenvalue weighted by Crippen LogP contribution is -2.25. The molecule has 1 aliphatic rings. The normalized spacial score (nSPS) is 13.4. The Balaban J connectivity index is 1.50. The molecule has 2 amide bonds. The van der Waals surface area contributed by atoms with Crippen LogP contribution in [0.5, 0.6) is 0 Å². The van der Waals surface area contributed by atoms with Gasteiger partial charge in [0, 0.05) is 29.4 Å². The monoisotopic (exact) mass is 404 g/mol. The van der Waals surface area contributed by atoms with Crippen LogP contribution in [-0.4, -0.2) is 30.4 Å².